The van der Waals surface area contributed by atoms with Gasteiger partial charge in [0.1, 0.15) is 13.2 Å². The average Bonchev–Trinajstić information content (AvgIpc) is 2.38. The molecular formula is C14H21NO2S. The second-order valence-electron chi connectivity index (χ2n) is 4.63. The van der Waals surface area contributed by atoms with Crippen LogP contribution in [0.25, 0.3) is 0 Å². The summed E-state index contributed by atoms with van der Waals surface area (Å²) < 4.78 is 11.1. The van der Waals surface area contributed by atoms with Crippen LogP contribution in [0.2, 0.25) is 0 Å². The maximum absolute atomic E-state index is 5.72. The number of nitrogens with two attached hydrogens (primary N) is 1. The van der Waals surface area contributed by atoms with Crippen molar-refractivity contribution in [3.05, 3.63) is 18.2 Å². The zero-order valence-electron chi connectivity index (χ0n) is 10.9. The molecular weight excluding hydrogens is 246 g/mol. The summed E-state index contributed by atoms with van der Waals surface area (Å²) in [6, 6.07) is 6.50. The number of benzene rings is 1. The summed E-state index contributed by atoms with van der Waals surface area (Å²) in [4.78, 5) is 1.25. The average molecular weight is 267 g/mol. The van der Waals surface area contributed by atoms with Crippen molar-refractivity contribution < 1.29 is 9.47 Å². The first-order valence-corrected chi connectivity index (χ1v) is 7.52. The minimum Gasteiger partial charge on any atom is -0.486 e. The lowest BCUT2D eigenvalue weighted by Gasteiger charge is -2.18. The first-order chi connectivity index (χ1) is 8.75. The van der Waals surface area contributed by atoms with Crippen LogP contribution < -0.4 is 15.2 Å². The van der Waals surface area contributed by atoms with Crippen molar-refractivity contribution in [3.8, 4) is 11.5 Å². The van der Waals surface area contributed by atoms with Gasteiger partial charge in [0.15, 0.2) is 11.5 Å². The Morgan fingerprint density at radius 3 is 2.78 bits per heavy atom. The molecule has 0 bridgehead atoms. The van der Waals surface area contributed by atoms with E-state index in [0.29, 0.717) is 19.3 Å². The topological polar surface area (TPSA) is 44.5 Å². The molecule has 0 amide bonds. The Hall–Kier alpha value is -0.870. The molecule has 2 rings (SSSR count). The molecule has 1 aliphatic heterocycles. The summed E-state index contributed by atoms with van der Waals surface area (Å²) in [6.07, 6.45) is 3.53. The summed E-state index contributed by atoms with van der Waals surface area (Å²) >= 11 is 1.87. The molecule has 0 fully saturated rings. The van der Waals surface area contributed by atoms with Gasteiger partial charge >= 0.3 is 0 Å². The molecule has 1 unspecified atom stereocenters. The van der Waals surface area contributed by atoms with Crippen LogP contribution >= 0.6 is 11.8 Å². The van der Waals surface area contributed by atoms with E-state index in [4.69, 9.17) is 15.2 Å². The van der Waals surface area contributed by atoms with E-state index in [1.165, 1.54) is 17.7 Å². The molecule has 1 aromatic rings. The Morgan fingerprint density at radius 1 is 1.22 bits per heavy atom. The van der Waals surface area contributed by atoms with Gasteiger partial charge in [0, 0.05) is 10.9 Å². The quantitative estimate of drug-likeness (QED) is 0.635. The highest BCUT2D eigenvalue weighted by Crippen LogP contribution is 2.34. The number of fused-ring (bicyclic) bond motifs is 1. The molecule has 0 saturated carbocycles. The monoisotopic (exact) mass is 267 g/mol. The zero-order chi connectivity index (χ0) is 12.8. The van der Waals surface area contributed by atoms with Crippen molar-refractivity contribution in [2.75, 3.05) is 19.0 Å². The Bertz CT molecular complexity index is 382. The van der Waals surface area contributed by atoms with Crippen LogP contribution in [0.1, 0.15) is 26.2 Å². The molecule has 100 valence electrons. The van der Waals surface area contributed by atoms with E-state index in [1.54, 1.807) is 0 Å². The maximum atomic E-state index is 5.72. The number of thioether (sulfide) groups is 1. The molecule has 18 heavy (non-hydrogen) atoms. The van der Waals surface area contributed by atoms with Crippen molar-refractivity contribution in [2.24, 2.45) is 5.73 Å². The maximum Gasteiger partial charge on any atom is 0.162 e. The molecule has 0 aliphatic carbocycles. The van der Waals surface area contributed by atoms with Crippen LogP contribution in [0.4, 0.5) is 0 Å². The molecule has 1 heterocycles. The minimum atomic E-state index is 0.323. The first-order valence-electron chi connectivity index (χ1n) is 6.54. The lowest BCUT2D eigenvalue weighted by molar-refractivity contribution is 0.171. The molecule has 1 aliphatic rings. The van der Waals surface area contributed by atoms with Crippen LogP contribution in [-0.2, 0) is 0 Å². The second-order valence-corrected chi connectivity index (χ2v) is 5.80. The van der Waals surface area contributed by atoms with Crippen LogP contribution in [0.5, 0.6) is 11.5 Å². The van der Waals surface area contributed by atoms with Gasteiger partial charge in [-0.2, -0.15) is 0 Å². The zero-order valence-corrected chi connectivity index (χ0v) is 11.7. The molecule has 0 aromatic heterocycles. The van der Waals surface area contributed by atoms with E-state index < -0.39 is 0 Å². The third-order valence-corrected chi connectivity index (χ3v) is 3.92. The lowest BCUT2D eigenvalue weighted by Crippen LogP contribution is -2.15. The smallest absolute Gasteiger partial charge is 0.162 e. The molecule has 0 radical (unpaired) electrons. The van der Waals surface area contributed by atoms with Crippen LogP contribution in [0, 0.1) is 0 Å². The molecule has 0 spiro atoms. The number of hydrogen-bond acceptors (Lipinski definition) is 4. The van der Waals surface area contributed by atoms with Crippen molar-refractivity contribution in [3.63, 3.8) is 0 Å². The third-order valence-electron chi connectivity index (χ3n) is 2.84. The molecule has 1 aromatic carbocycles. The summed E-state index contributed by atoms with van der Waals surface area (Å²) in [5.74, 6) is 2.87. The van der Waals surface area contributed by atoms with E-state index in [9.17, 15) is 0 Å². The van der Waals surface area contributed by atoms with Gasteiger partial charge in [-0.1, -0.05) is 6.42 Å². The second kappa shape index (κ2) is 6.90. The lowest BCUT2D eigenvalue weighted by atomic mass is 10.2. The van der Waals surface area contributed by atoms with Gasteiger partial charge in [0.05, 0.1) is 0 Å². The highest BCUT2D eigenvalue weighted by Gasteiger charge is 2.11. The highest BCUT2D eigenvalue weighted by molar-refractivity contribution is 7.99. The summed E-state index contributed by atoms with van der Waals surface area (Å²) in [5.41, 5.74) is 5.72. The van der Waals surface area contributed by atoms with Gasteiger partial charge in [0.2, 0.25) is 0 Å². The van der Waals surface area contributed by atoms with E-state index in [0.717, 1.165) is 23.7 Å². The Kier molecular flexibility index (Phi) is 5.20. The van der Waals surface area contributed by atoms with Crippen LogP contribution in [0.15, 0.2) is 23.1 Å². The Balaban J connectivity index is 1.76. The molecule has 4 heteroatoms. The molecule has 2 N–H and O–H groups in total. The van der Waals surface area contributed by atoms with Crippen LogP contribution in [-0.4, -0.2) is 25.0 Å². The van der Waals surface area contributed by atoms with Gasteiger partial charge in [-0.3, -0.25) is 0 Å². The largest absolute Gasteiger partial charge is 0.486 e. The standard InChI is InChI=1S/C14H21NO2S/c1-11(15)4-2-3-9-18-12-5-6-13-14(10-12)17-8-7-16-13/h5-6,10-11H,2-4,7-9,15H2,1H3. The van der Waals surface area contributed by atoms with Crippen molar-refractivity contribution in [1.82, 2.24) is 0 Å². The minimum absolute atomic E-state index is 0.323. The van der Waals surface area contributed by atoms with Crippen molar-refractivity contribution >= 4 is 11.8 Å². The van der Waals surface area contributed by atoms with Gasteiger partial charge in [0.25, 0.3) is 0 Å². The highest BCUT2D eigenvalue weighted by atomic mass is 32.2. The fraction of sp³-hybridized carbons (Fsp3) is 0.571. The molecule has 0 saturated heterocycles. The van der Waals surface area contributed by atoms with Gasteiger partial charge < -0.3 is 15.2 Å². The van der Waals surface area contributed by atoms with Gasteiger partial charge in [-0.05, 0) is 43.7 Å². The predicted molar refractivity (Wildman–Crippen MR) is 75.7 cm³/mol. The van der Waals surface area contributed by atoms with E-state index in [2.05, 4.69) is 19.1 Å². The number of unbranched alkanes of at least 4 members (excludes halogenated alkanes) is 1. The Labute approximate surface area is 113 Å². The van der Waals surface area contributed by atoms with Crippen molar-refractivity contribution in [2.45, 2.75) is 37.1 Å². The molecule has 1 atom stereocenters. The molecule has 3 nitrogen and oxygen atoms in total. The van der Waals surface area contributed by atoms with Crippen molar-refractivity contribution in [1.29, 1.82) is 0 Å². The Morgan fingerprint density at radius 2 is 2.00 bits per heavy atom. The third kappa shape index (κ3) is 4.10. The number of rotatable bonds is 6. The van der Waals surface area contributed by atoms with Gasteiger partial charge in [-0.25, -0.2) is 0 Å². The number of ether oxygens (including phenoxy) is 2. The van der Waals surface area contributed by atoms with E-state index >= 15 is 0 Å². The summed E-state index contributed by atoms with van der Waals surface area (Å²) in [5, 5.41) is 0. The fourth-order valence-corrected chi connectivity index (χ4v) is 2.81. The summed E-state index contributed by atoms with van der Waals surface area (Å²) in [6.45, 7) is 3.36. The SMILES string of the molecule is CC(N)CCCCSc1ccc2c(c1)OCCO2. The first kappa shape index (κ1) is 13.6. The fourth-order valence-electron chi connectivity index (χ4n) is 1.87. The normalized spacial score (nSPS) is 15.4. The van der Waals surface area contributed by atoms with E-state index in [-0.39, 0.29) is 0 Å². The predicted octanol–water partition coefficient (Wildman–Crippen LogP) is 3.07. The summed E-state index contributed by atoms with van der Waals surface area (Å²) in [7, 11) is 0. The van der Waals surface area contributed by atoms with Crippen LogP contribution in [0.3, 0.4) is 0 Å². The number of hydrogen-bond donors (Lipinski definition) is 1. The van der Waals surface area contributed by atoms with Gasteiger partial charge in [-0.15, -0.1) is 11.8 Å². The van der Waals surface area contributed by atoms with E-state index in [1.807, 2.05) is 17.8 Å².